The number of halogens is 3. The molecule has 0 saturated carbocycles. The van der Waals surface area contributed by atoms with E-state index in [-0.39, 0.29) is 17.1 Å². The molecule has 0 atom stereocenters. The van der Waals surface area contributed by atoms with E-state index in [2.05, 4.69) is 26.4 Å². The Morgan fingerprint density at radius 3 is 2.59 bits per heavy atom. The largest absolute Gasteiger partial charge is 0.443 e. The van der Waals surface area contributed by atoms with Crippen molar-refractivity contribution in [2.24, 2.45) is 10.2 Å². The Bertz CT molecular complexity index is 639. The molecule has 0 fully saturated rings. The molecular formula is C13H13F3N4OS. The van der Waals surface area contributed by atoms with Gasteiger partial charge in [-0.05, 0) is 6.92 Å². The van der Waals surface area contributed by atoms with Crippen LogP contribution in [0.25, 0.3) is 0 Å². The van der Waals surface area contributed by atoms with Crippen LogP contribution >= 0.6 is 11.3 Å². The molecule has 118 valence electrons. The Morgan fingerprint density at radius 2 is 2.09 bits per heavy atom. The van der Waals surface area contributed by atoms with Crippen molar-refractivity contribution < 1.29 is 18.0 Å². The summed E-state index contributed by atoms with van der Waals surface area (Å²) in [6.45, 7) is 1.68. The van der Waals surface area contributed by atoms with Crippen molar-refractivity contribution in [2.75, 3.05) is 6.54 Å². The van der Waals surface area contributed by atoms with E-state index >= 15 is 0 Å². The van der Waals surface area contributed by atoms with E-state index in [4.69, 9.17) is 6.42 Å². The van der Waals surface area contributed by atoms with Crippen LogP contribution in [-0.4, -0.2) is 23.1 Å². The Balaban J connectivity index is 1.88. The number of terminal acetylenes is 1. The van der Waals surface area contributed by atoms with E-state index in [1.165, 1.54) is 6.92 Å². The van der Waals surface area contributed by atoms with Gasteiger partial charge in [0.05, 0.1) is 0 Å². The molecule has 9 heteroatoms. The number of amides is 1. The Labute approximate surface area is 129 Å². The number of nitrogens with one attached hydrogen (secondary N) is 1. The highest BCUT2D eigenvalue weighted by atomic mass is 32.1. The number of alkyl halides is 3. The fourth-order valence-corrected chi connectivity index (χ4v) is 2.63. The Hall–Kier alpha value is -1.95. The third-order valence-electron chi connectivity index (χ3n) is 3.12. The Kier molecular flexibility index (Phi) is 4.51. The molecular weight excluding hydrogens is 317 g/mol. The normalized spacial score (nSPS) is 15.4. The smallest absolute Gasteiger partial charge is 0.350 e. The first kappa shape index (κ1) is 16.4. The third kappa shape index (κ3) is 3.82. The van der Waals surface area contributed by atoms with Gasteiger partial charge in [-0.1, -0.05) is 0 Å². The maximum atomic E-state index is 12.6. The van der Waals surface area contributed by atoms with Crippen molar-refractivity contribution in [1.29, 1.82) is 0 Å². The molecule has 22 heavy (non-hydrogen) atoms. The summed E-state index contributed by atoms with van der Waals surface area (Å²) in [6, 6.07) is 0. The van der Waals surface area contributed by atoms with E-state index in [0.717, 1.165) is 0 Å². The van der Waals surface area contributed by atoms with Crippen LogP contribution in [-0.2, 0) is 6.18 Å². The van der Waals surface area contributed by atoms with Crippen LogP contribution < -0.4 is 5.32 Å². The van der Waals surface area contributed by atoms with Gasteiger partial charge in [0.15, 0.2) is 10.7 Å². The number of carbonyl (C=O) groups is 1. The van der Waals surface area contributed by atoms with Crippen molar-refractivity contribution in [3.8, 4) is 12.3 Å². The lowest BCUT2D eigenvalue weighted by Crippen LogP contribution is -2.29. The molecule has 1 aromatic heterocycles. The molecule has 0 unspecified atom stereocenters. The molecule has 0 bridgehead atoms. The zero-order valence-electron chi connectivity index (χ0n) is 11.7. The molecule has 0 radical (unpaired) electrons. The van der Waals surface area contributed by atoms with Crippen LogP contribution in [0, 0.1) is 19.3 Å². The van der Waals surface area contributed by atoms with E-state index in [1.54, 1.807) is 0 Å². The summed E-state index contributed by atoms with van der Waals surface area (Å²) in [6.07, 6.45) is 2.23. The summed E-state index contributed by atoms with van der Waals surface area (Å²) >= 11 is 0.456. The van der Waals surface area contributed by atoms with Crippen LogP contribution in [0.2, 0.25) is 0 Å². The molecule has 2 heterocycles. The van der Waals surface area contributed by atoms with Gasteiger partial charge in [-0.25, -0.2) is 4.98 Å². The van der Waals surface area contributed by atoms with Gasteiger partial charge in [0.2, 0.25) is 0 Å². The minimum absolute atomic E-state index is 0.195. The monoisotopic (exact) mass is 330 g/mol. The topological polar surface area (TPSA) is 66.7 Å². The van der Waals surface area contributed by atoms with Gasteiger partial charge in [-0.3, -0.25) is 4.79 Å². The molecule has 1 aromatic rings. The van der Waals surface area contributed by atoms with E-state index < -0.39 is 22.8 Å². The molecule has 1 amide bonds. The van der Waals surface area contributed by atoms with Gasteiger partial charge in [0, 0.05) is 30.7 Å². The number of thiazole rings is 1. The second-order valence-corrected chi connectivity index (χ2v) is 6.02. The predicted octanol–water partition coefficient (Wildman–Crippen LogP) is 3.17. The van der Waals surface area contributed by atoms with Gasteiger partial charge in [-0.15, -0.1) is 23.7 Å². The quantitative estimate of drug-likeness (QED) is 0.814. The zero-order chi connectivity index (χ0) is 16.4. The molecule has 1 aliphatic rings. The summed E-state index contributed by atoms with van der Waals surface area (Å²) in [4.78, 5) is 15.5. The lowest BCUT2D eigenvalue weighted by atomic mass is 10.0. The van der Waals surface area contributed by atoms with Crippen molar-refractivity contribution in [2.45, 2.75) is 38.0 Å². The Morgan fingerprint density at radius 1 is 1.41 bits per heavy atom. The van der Waals surface area contributed by atoms with E-state index in [9.17, 15) is 18.0 Å². The fourth-order valence-electron chi connectivity index (χ4n) is 1.86. The maximum absolute atomic E-state index is 12.6. The number of nitrogens with zero attached hydrogens (tertiary/aromatic N) is 3. The molecule has 1 aliphatic heterocycles. The van der Waals surface area contributed by atoms with Crippen LogP contribution in [0.5, 0.6) is 0 Å². The highest BCUT2D eigenvalue weighted by Gasteiger charge is 2.39. The second-order valence-electron chi connectivity index (χ2n) is 4.81. The van der Waals surface area contributed by atoms with Gasteiger partial charge in [-0.2, -0.15) is 23.4 Å². The minimum Gasteiger partial charge on any atom is -0.350 e. The van der Waals surface area contributed by atoms with Crippen LogP contribution in [0.4, 0.5) is 13.2 Å². The van der Waals surface area contributed by atoms with Crippen molar-refractivity contribution in [1.82, 2.24) is 10.3 Å². The fraction of sp³-hybridized carbons (Fsp3) is 0.538. The average Bonchev–Trinajstić information content (AvgIpc) is 3.08. The standard InChI is InChI=1S/C13H13F3N4OS/c1-3-4-5-12(19-20-12)6-7-17-10(21)9-8(2)22-11(18-9)13(14,15)16/h1H,4-7H2,2H3,(H,17,21). The van der Waals surface area contributed by atoms with Gasteiger partial charge >= 0.3 is 6.18 Å². The summed E-state index contributed by atoms with van der Waals surface area (Å²) in [5, 5.41) is 9.34. The molecule has 0 spiro atoms. The summed E-state index contributed by atoms with van der Waals surface area (Å²) in [5.74, 6) is 1.86. The van der Waals surface area contributed by atoms with Gasteiger partial charge in [0.1, 0.15) is 5.69 Å². The van der Waals surface area contributed by atoms with Gasteiger partial charge in [0.25, 0.3) is 5.91 Å². The number of aromatic nitrogens is 1. The summed E-state index contributed by atoms with van der Waals surface area (Å²) < 4.78 is 37.7. The first-order chi connectivity index (χ1) is 10.3. The van der Waals surface area contributed by atoms with Crippen LogP contribution in [0.1, 0.15) is 39.6 Å². The first-order valence-corrected chi connectivity index (χ1v) is 7.29. The molecule has 0 saturated heterocycles. The summed E-state index contributed by atoms with van der Waals surface area (Å²) in [7, 11) is 0. The van der Waals surface area contributed by atoms with Crippen LogP contribution in [0.15, 0.2) is 10.2 Å². The molecule has 5 nitrogen and oxygen atoms in total. The predicted molar refractivity (Wildman–Crippen MR) is 74.5 cm³/mol. The van der Waals surface area contributed by atoms with Crippen molar-refractivity contribution in [3.63, 3.8) is 0 Å². The van der Waals surface area contributed by atoms with E-state index in [0.29, 0.717) is 30.6 Å². The van der Waals surface area contributed by atoms with Crippen molar-refractivity contribution >= 4 is 17.2 Å². The van der Waals surface area contributed by atoms with Gasteiger partial charge < -0.3 is 5.32 Å². The van der Waals surface area contributed by atoms with E-state index in [1.807, 2.05) is 0 Å². The third-order valence-corrected chi connectivity index (χ3v) is 4.13. The molecule has 0 aliphatic carbocycles. The lowest BCUT2D eigenvalue weighted by Gasteiger charge is -2.09. The number of hydrogen-bond acceptors (Lipinski definition) is 5. The minimum atomic E-state index is -4.54. The lowest BCUT2D eigenvalue weighted by molar-refractivity contribution is -0.137. The average molecular weight is 330 g/mol. The number of aryl methyl sites for hydroxylation is 1. The number of hydrogen-bond donors (Lipinski definition) is 1. The zero-order valence-corrected chi connectivity index (χ0v) is 12.5. The van der Waals surface area contributed by atoms with Crippen molar-refractivity contribution in [3.05, 3.63) is 15.6 Å². The first-order valence-electron chi connectivity index (χ1n) is 6.48. The molecule has 1 N–H and O–H groups in total. The highest BCUT2D eigenvalue weighted by molar-refractivity contribution is 7.12. The SMILES string of the molecule is C#CCCC1(CCNC(=O)c2nc(C(F)(F)F)sc2C)N=N1. The summed E-state index contributed by atoms with van der Waals surface area (Å²) in [5.41, 5.74) is -0.729. The molecule has 2 rings (SSSR count). The second kappa shape index (κ2) is 6.04. The highest BCUT2D eigenvalue weighted by Crippen LogP contribution is 2.36. The maximum Gasteiger partial charge on any atom is 0.443 e. The molecule has 0 aromatic carbocycles. The number of rotatable bonds is 6. The number of carbonyl (C=O) groups excluding carboxylic acids is 1. The van der Waals surface area contributed by atoms with Crippen LogP contribution in [0.3, 0.4) is 0 Å².